The summed E-state index contributed by atoms with van der Waals surface area (Å²) < 4.78 is 22.9. The zero-order valence-corrected chi connectivity index (χ0v) is 16.6. The molecule has 0 bridgehead atoms. The van der Waals surface area contributed by atoms with Gasteiger partial charge >= 0.3 is 17.9 Å². The molecule has 4 saturated heterocycles. The van der Waals surface area contributed by atoms with E-state index in [-0.39, 0.29) is 17.8 Å². The number of aliphatic hydroxyl groups excluding tert-OH is 1. The Balaban J connectivity index is 1.68. The number of carbonyl (C=O) groups excluding carboxylic acids is 3. The van der Waals surface area contributed by atoms with Crippen LogP contribution in [0.15, 0.2) is 0 Å². The average Bonchev–Trinajstić information content (AvgIpc) is 3.31. The van der Waals surface area contributed by atoms with Gasteiger partial charge in [-0.15, -0.1) is 0 Å². The lowest BCUT2D eigenvalue weighted by atomic mass is 9.51. The van der Waals surface area contributed by atoms with E-state index in [2.05, 4.69) is 0 Å². The lowest BCUT2D eigenvalue weighted by molar-refractivity contribution is -0.238. The zero-order valence-electron chi connectivity index (χ0n) is 16.6. The van der Waals surface area contributed by atoms with E-state index in [0.29, 0.717) is 6.42 Å². The number of esters is 3. The monoisotopic (exact) mass is 408 g/mol. The van der Waals surface area contributed by atoms with Gasteiger partial charge in [-0.3, -0.25) is 4.79 Å². The molecule has 4 heterocycles. The third-order valence-electron chi connectivity index (χ3n) is 8.97. The van der Waals surface area contributed by atoms with E-state index in [1.165, 1.54) is 6.92 Å². The van der Waals surface area contributed by atoms with Crippen molar-refractivity contribution >= 4 is 17.9 Å². The first-order valence-corrected chi connectivity index (χ1v) is 10.1. The number of aliphatic hydroxyl groups is 2. The van der Waals surface area contributed by atoms with E-state index in [1.54, 1.807) is 0 Å². The molecule has 6 fully saturated rings. The van der Waals surface area contributed by atoms with Crippen molar-refractivity contribution in [2.45, 2.75) is 76.3 Å². The van der Waals surface area contributed by atoms with Crippen LogP contribution in [0.2, 0.25) is 0 Å². The fourth-order valence-corrected chi connectivity index (χ4v) is 8.06. The maximum absolute atomic E-state index is 13.3. The number of hydrogen-bond donors (Lipinski definition) is 2. The van der Waals surface area contributed by atoms with Gasteiger partial charge in [-0.05, 0) is 24.7 Å². The predicted octanol–water partition coefficient (Wildman–Crippen LogP) is -0.340. The predicted molar refractivity (Wildman–Crippen MR) is 90.6 cm³/mol. The van der Waals surface area contributed by atoms with Crippen LogP contribution in [0.5, 0.6) is 0 Å². The van der Waals surface area contributed by atoms with Crippen molar-refractivity contribution in [3.8, 4) is 0 Å². The fraction of sp³-hybridized carbons (Fsp3) is 0.850. The van der Waals surface area contributed by atoms with Crippen LogP contribution < -0.4 is 0 Å². The van der Waals surface area contributed by atoms with Crippen LogP contribution in [0, 0.1) is 28.1 Å². The van der Waals surface area contributed by atoms with E-state index >= 15 is 0 Å². The van der Waals surface area contributed by atoms with Crippen molar-refractivity contribution < 1.29 is 43.5 Å². The lowest BCUT2D eigenvalue weighted by Crippen LogP contribution is -2.66. The molecular weight excluding hydrogens is 384 g/mol. The Kier molecular flexibility index (Phi) is 2.79. The maximum atomic E-state index is 13.3. The van der Waals surface area contributed by atoms with Crippen LogP contribution in [-0.2, 0) is 33.3 Å². The van der Waals surface area contributed by atoms with E-state index in [9.17, 15) is 24.6 Å². The molecule has 2 N–H and O–H groups in total. The second-order valence-electron chi connectivity index (χ2n) is 10.6. The van der Waals surface area contributed by atoms with Crippen LogP contribution >= 0.6 is 0 Å². The Labute approximate surface area is 166 Å². The molecule has 9 heteroatoms. The minimum atomic E-state index is -1.97. The van der Waals surface area contributed by atoms with Crippen molar-refractivity contribution in [2.24, 2.45) is 28.1 Å². The molecule has 0 aromatic rings. The molecule has 10 atom stereocenters. The molecule has 0 radical (unpaired) electrons. The summed E-state index contributed by atoms with van der Waals surface area (Å²) in [5.41, 5.74) is -6.81. The quantitative estimate of drug-likeness (QED) is 0.408. The molecular formula is C20H24O9. The number of fused-ring (bicyclic) bond motifs is 1. The van der Waals surface area contributed by atoms with E-state index in [1.807, 2.05) is 20.8 Å². The summed E-state index contributed by atoms with van der Waals surface area (Å²) in [6, 6.07) is 0. The first kappa shape index (κ1) is 18.1. The van der Waals surface area contributed by atoms with E-state index < -0.39 is 70.5 Å². The van der Waals surface area contributed by atoms with Crippen molar-refractivity contribution in [1.29, 1.82) is 0 Å². The Bertz CT molecular complexity index is 893. The molecule has 6 rings (SSSR count). The first-order valence-electron chi connectivity index (χ1n) is 10.1. The Hall–Kier alpha value is -1.71. The van der Waals surface area contributed by atoms with Gasteiger partial charge in [0.25, 0.3) is 0 Å². The molecule has 6 aliphatic rings. The van der Waals surface area contributed by atoms with Gasteiger partial charge in [-0.1, -0.05) is 20.8 Å². The molecule has 9 nitrogen and oxygen atoms in total. The molecule has 4 aliphatic heterocycles. The Morgan fingerprint density at radius 3 is 2.38 bits per heavy atom. The van der Waals surface area contributed by atoms with Crippen LogP contribution in [0.1, 0.15) is 40.5 Å². The summed E-state index contributed by atoms with van der Waals surface area (Å²) >= 11 is 0. The largest absolute Gasteiger partial charge is 0.459 e. The number of hydrogen-bond acceptors (Lipinski definition) is 9. The second-order valence-corrected chi connectivity index (χ2v) is 10.6. The Morgan fingerprint density at radius 2 is 1.72 bits per heavy atom. The first-order chi connectivity index (χ1) is 13.4. The van der Waals surface area contributed by atoms with Crippen LogP contribution in [0.4, 0.5) is 0 Å². The van der Waals surface area contributed by atoms with Crippen LogP contribution in [0.25, 0.3) is 0 Å². The van der Waals surface area contributed by atoms with Crippen LogP contribution in [-0.4, -0.2) is 63.9 Å². The minimum absolute atomic E-state index is 0.0623. The van der Waals surface area contributed by atoms with E-state index in [0.717, 1.165) is 0 Å². The van der Waals surface area contributed by atoms with Gasteiger partial charge in [0.1, 0.15) is 12.2 Å². The smallest absolute Gasteiger partial charge is 0.342 e. The molecule has 29 heavy (non-hydrogen) atoms. The van der Waals surface area contributed by atoms with Gasteiger partial charge in [0.2, 0.25) is 11.9 Å². The molecule has 0 amide bonds. The third kappa shape index (κ3) is 1.35. The van der Waals surface area contributed by atoms with Crippen molar-refractivity contribution in [3.63, 3.8) is 0 Å². The highest BCUT2D eigenvalue weighted by atomic mass is 16.8. The molecule has 2 aliphatic carbocycles. The van der Waals surface area contributed by atoms with Gasteiger partial charge in [0.15, 0.2) is 11.7 Å². The molecule has 158 valence electrons. The van der Waals surface area contributed by atoms with Crippen molar-refractivity contribution in [3.05, 3.63) is 0 Å². The highest BCUT2D eigenvalue weighted by molar-refractivity contribution is 5.93. The number of carbonyl (C=O) groups is 3. The molecule has 0 aromatic carbocycles. The van der Waals surface area contributed by atoms with Crippen molar-refractivity contribution in [1.82, 2.24) is 0 Å². The topological polar surface area (TPSA) is 129 Å². The summed E-state index contributed by atoms with van der Waals surface area (Å²) in [4.78, 5) is 38.1. The zero-order chi connectivity index (χ0) is 20.9. The maximum Gasteiger partial charge on any atom is 0.342 e. The third-order valence-corrected chi connectivity index (χ3v) is 8.97. The van der Waals surface area contributed by atoms with Crippen LogP contribution in [0.3, 0.4) is 0 Å². The normalized spacial score (nSPS) is 59.2. The average molecular weight is 408 g/mol. The van der Waals surface area contributed by atoms with Gasteiger partial charge in [-0.25, -0.2) is 9.59 Å². The fourth-order valence-electron chi connectivity index (χ4n) is 8.06. The number of rotatable bonds is 0. The standard InChI is InChI=1S/C20H24O9/c1-7-12(22)26-10-6-17-9-5-8(16(2,3)4)18(17)11(21)13(23)28-15(18)29-20(17,14(24)27-9)19(7,10)25/h7-11,15,21,25H,5-6H2,1-4H3/t7-,8-,9-,10+,11+,15+,17-,18+,19-,20-/m1/s1. The lowest BCUT2D eigenvalue weighted by Gasteiger charge is -2.46. The minimum Gasteiger partial charge on any atom is -0.459 e. The highest BCUT2D eigenvalue weighted by Gasteiger charge is 3.01. The van der Waals surface area contributed by atoms with Gasteiger partial charge < -0.3 is 29.2 Å². The molecule has 2 spiro atoms. The Morgan fingerprint density at radius 1 is 1.03 bits per heavy atom. The molecule has 0 aromatic heterocycles. The van der Waals surface area contributed by atoms with E-state index in [4.69, 9.17) is 18.9 Å². The summed E-state index contributed by atoms with van der Waals surface area (Å²) in [6.45, 7) is 7.47. The summed E-state index contributed by atoms with van der Waals surface area (Å²) in [5.74, 6) is -3.52. The van der Waals surface area contributed by atoms with Gasteiger partial charge in [-0.2, -0.15) is 0 Å². The molecule has 2 saturated carbocycles. The summed E-state index contributed by atoms with van der Waals surface area (Å²) in [7, 11) is 0. The van der Waals surface area contributed by atoms with Gasteiger partial charge in [0, 0.05) is 6.42 Å². The number of ether oxygens (including phenoxy) is 4. The summed E-state index contributed by atoms with van der Waals surface area (Å²) in [5, 5.41) is 23.0. The van der Waals surface area contributed by atoms with Gasteiger partial charge in [0.05, 0.1) is 16.7 Å². The summed E-state index contributed by atoms with van der Waals surface area (Å²) in [6.07, 6.45) is -3.96. The molecule has 0 unspecified atom stereocenters. The van der Waals surface area contributed by atoms with Crippen molar-refractivity contribution in [2.75, 3.05) is 0 Å². The second kappa shape index (κ2) is 4.48. The highest BCUT2D eigenvalue weighted by Crippen LogP contribution is 2.84. The SMILES string of the molecule is C[C@@H]1C(=O)O[C@H]2C[C@@]34[C@H]5C[C@H](C(C)(C)C)[C@]36[C@@H](OC(=O)[C@@H]6O)O[C@@]4(C(=O)O5)[C@]21O.